The van der Waals surface area contributed by atoms with Crippen LogP contribution in [0.4, 0.5) is 5.69 Å². The zero-order chi connectivity index (χ0) is 23.1. The average molecular weight is 440 g/mol. The Bertz CT molecular complexity index is 899. The number of aryl methyl sites for hydroxylation is 1. The van der Waals surface area contributed by atoms with E-state index in [4.69, 9.17) is 4.74 Å². The lowest BCUT2D eigenvalue weighted by molar-refractivity contribution is -0.384. The van der Waals surface area contributed by atoms with Gasteiger partial charge in [0.15, 0.2) is 0 Å². The fourth-order valence-electron chi connectivity index (χ4n) is 2.87. The van der Waals surface area contributed by atoms with Crippen LogP contribution in [0, 0.1) is 10.1 Å². The highest BCUT2D eigenvalue weighted by Gasteiger charge is 2.32. The third kappa shape index (κ3) is 7.47. The van der Waals surface area contributed by atoms with Gasteiger partial charge < -0.3 is 4.74 Å². The number of nitro benzene ring substituents is 1. The maximum absolute atomic E-state index is 12.7. The maximum atomic E-state index is 12.7. The Kier molecular flexibility index (Phi) is 8.33. The van der Waals surface area contributed by atoms with Crippen LogP contribution in [-0.4, -0.2) is 25.1 Å². The van der Waals surface area contributed by atoms with Crippen molar-refractivity contribution in [1.29, 1.82) is 0 Å². The number of nitrogens with zero attached hydrogens (tertiary/aromatic N) is 1. The minimum Gasteiger partial charge on any atom is -0.455 e. The molecule has 0 aliphatic rings. The second kappa shape index (κ2) is 10.5. The van der Waals surface area contributed by atoms with E-state index in [1.54, 1.807) is 0 Å². The third-order valence-corrected chi connectivity index (χ3v) is 10.9. The summed E-state index contributed by atoms with van der Waals surface area (Å²) in [5.74, 6) is -0.459. The van der Waals surface area contributed by atoms with E-state index < -0.39 is 19.0 Å². The van der Waals surface area contributed by atoms with Crippen LogP contribution >= 0.6 is 0 Å². The summed E-state index contributed by atoms with van der Waals surface area (Å²) in [7, 11) is -1.67. The van der Waals surface area contributed by atoms with Crippen LogP contribution in [0.15, 0.2) is 66.4 Å². The number of carbonyl (C=O) groups excluding carboxylic acids is 1. The highest BCUT2D eigenvalue weighted by molar-refractivity contribution is 6.84. The molecule has 0 heterocycles. The molecule has 0 fully saturated rings. The van der Waals surface area contributed by atoms with Gasteiger partial charge in [-0.2, -0.15) is 0 Å². The van der Waals surface area contributed by atoms with Crippen molar-refractivity contribution in [3.05, 3.63) is 87.6 Å². The molecule has 0 aliphatic carbocycles. The average Bonchev–Trinajstić information content (AvgIpc) is 2.72. The van der Waals surface area contributed by atoms with Crippen LogP contribution in [-0.2, 0) is 11.2 Å². The van der Waals surface area contributed by atoms with Gasteiger partial charge in [-0.05, 0) is 42.0 Å². The van der Waals surface area contributed by atoms with Crippen molar-refractivity contribution in [1.82, 2.24) is 0 Å². The molecule has 0 spiro atoms. The zero-order valence-electron chi connectivity index (χ0n) is 19.1. The third-order valence-electron chi connectivity index (χ3n) is 6.03. The second-order valence-corrected chi connectivity index (χ2v) is 14.7. The summed E-state index contributed by atoms with van der Waals surface area (Å²) in [5.41, 5.74) is 3.80. The van der Waals surface area contributed by atoms with Crippen molar-refractivity contribution >= 4 is 19.7 Å². The highest BCUT2D eigenvalue weighted by Crippen LogP contribution is 2.36. The molecule has 0 aliphatic heterocycles. The molecule has 6 heteroatoms. The van der Waals surface area contributed by atoms with Gasteiger partial charge >= 0.3 is 5.97 Å². The molecule has 2 rings (SSSR count). The monoisotopic (exact) mass is 439 g/mol. The van der Waals surface area contributed by atoms with Gasteiger partial charge in [-0.3, -0.25) is 10.1 Å². The van der Waals surface area contributed by atoms with Gasteiger partial charge in [-0.15, -0.1) is 0 Å². The summed E-state index contributed by atoms with van der Waals surface area (Å²) in [4.78, 5) is 23.0. The van der Waals surface area contributed by atoms with Crippen molar-refractivity contribution in [3.8, 4) is 0 Å². The topological polar surface area (TPSA) is 69.4 Å². The summed E-state index contributed by atoms with van der Waals surface area (Å²) in [6, 6.07) is 15.8. The maximum Gasteiger partial charge on any atom is 0.338 e. The number of hydrogen-bond acceptors (Lipinski definition) is 4. The van der Waals surface area contributed by atoms with Crippen LogP contribution in [0.1, 0.15) is 49.5 Å². The van der Waals surface area contributed by atoms with Crippen LogP contribution in [0.5, 0.6) is 0 Å². The second-order valence-electron chi connectivity index (χ2n) is 9.46. The molecule has 5 nitrogen and oxygen atoms in total. The van der Waals surface area contributed by atoms with Crippen molar-refractivity contribution in [2.75, 3.05) is 0 Å². The SMILES string of the molecule is CC(C)(C)[Si](C)(C)/C=C/[C@@H](CCCc1ccccc1)OC(=O)c1ccc([N+](=O)[O-])cc1. The molecule has 0 N–H and O–H groups in total. The highest BCUT2D eigenvalue weighted by atomic mass is 28.3. The van der Waals surface area contributed by atoms with Crippen LogP contribution in [0.2, 0.25) is 18.1 Å². The Morgan fingerprint density at radius 1 is 1.10 bits per heavy atom. The predicted molar refractivity (Wildman–Crippen MR) is 128 cm³/mol. The van der Waals surface area contributed by atoms with Gasteiger partial charge in [0.1, 0.15) is 6.10 Å². The Balaban J connectivity index is 2.11. The van der Waals surface area contributed by atoms with Crippen molar-refractivity contribution in [3.63, 3.8) is 0 Å². The summed E-state index contributed by atoms with van der Waals surface area (Å²) in [6.07, 6.45) is 4.25. The number of benzene rings is 2. The first-order valence-electron chi connectivity index (χ1n) is 10.7. The Hall–Kier alpha value is -2.73. The quantitative estimate of drug-likeness (QED) is 0.188. The molecule has 0 bridgehead atoms. The molecule has 1 atom stereocenters. The van der Waals surface area contributed by atoms with Crippen LogP contribution in [0.25, 0.3) is 0 Å². The van der Waals surface area contributed by atoms with Crippen LogP contribution < -0.4 is 0 Å². The minimum absolute atomic E-state index is 0.0474. The first-order valence-corrected chi connectivity index (χ1v) is 13.8. The zero-order valence-corrected chi connectivity index (χ0v) is 20.1. The van der Waals surface area contributed by atoms with E-state index in [0.717, 1.165) is 19.3 Å². The van der Waals surface area contributed by atoms with Gasteiger partial charge in [-0.1, -0.05) is 76.0 Å². The van der Waals surface area contributed by atoms with Gasteiger partial charge in [0, 0.05) is 12.1 Å². The summed E-state index contributed by atoms with van der Waals surface area (Å²) in [5, 5.41) is 11.0. The van der Waals surface area contributed by atoms with E-state index in [-0.39, 0.29) is 16.8 Å². The summed E-state index contributed by atoms with van der Waals surface area (Å²) < 4.78 is 5.81. The standard InChI is InChI=1S/C25H33NO4Si/c1-25(2,3)31(4,5)19-18-23(13-9-12-20-10-7-6-8-11-20)30-24(27)21-14-16-22(17-15-21)26(28)29/h6-8,10-11,14-19,23H,9,12-13H2,1-5H3/b19-18+/t23-/m1/s1. The normalized spacial score (nSPS) is 13.2. The number of nitro groups is 1. The molecule has 2 aromatic rings. The fourth-order valence-corrected chi connectivity index (χ4v) is 4.06. The molecule has 166 valence electrons. The Morgan fingerprint density at radius 3 is 2.26 bits per heavy atom. The molecule has 0 saturated heterocycles. The minimum atomic E-state index is -1.67. The molecule has 0 unspecified atom stereocenters. The Labute approximate surface area is 186 Å². The van der Waals surface area contributed by atoms with Gasteiger partial charge in [-0.25, -0.2) is 4.79 Å². The van der Waals surface area contributed by atoms with Crippen molar-refractivity contribution < 1.29 is 14.5 Å². The lowest BCUT2D eigenvalue weighted by Crippen LogP contribution is -2.35. The fraction of sp³-hybridized carbons (Fsp3) is 0.400. The van der Waals surface area contributed by atoms with E-state index in [1.165, 1.54) is 29.8 Å². The number of carbonyl (C=O) groups is 1. The molecular weight excluding hydrogens is 406 g/mol. The van der Waals surface area contributed by atoms with Crippen molar-refractivity contribution in [2.45, 2.75) is 64.3 Å². The summed E-state index contributed by atoms with van der Waals surface area (Å²) >= 11 is 0. The van der Waals surface area contributed by atoms with Gasteiger partial charge in [0.05, 0.1) is 18.6 Å². The summed E-state index contributed by atoms with van der Waals surface area (Å²) in [6.45, 7) is 11.4. The van der Waals surface area contributed by atoms with E-state index in [9.17, 15) is 14.9 Å². The van der Waals surface area contributed by atoms with E-state index >= 15 is 0 Å². The molecule has 0 radical (unpaired) electrons. The molecule has 2 aromatic carbocycles. The molecule has 0 aromatic heterocycles. The number of hydrogen-bond donors (Lipinski definition) is 0. The smallest absolute Gasteiger partial charge is 0.338 e. The van der Waals surface area contributed by atoms with Gasteiger partial charge in [0.2, 0.25) is 0 Å². The van der Waals surface area contributed by atoms with Gasteiger partial charge in [0.25, 0.3) is 5.69 Å². The first kappa shape index (κ1) is 24.5. The van der Waals surface area contributed by atoms with E-state index in [0.29, 0.717) is 5.56 Å². The van der Waals surface area contributed by atoms with Crippen LogP contribution in [0.3, 0.4) is 0 Å². The van der Waals surface area contributed by atoms with Crippen molar-refractivity contribution in [2.24, 2.45) is 0 Å². The Morgan fingerprint density at radius 2 is 1.71 bits per heavy atom. The number of ether oxygens (including phenoxy) is 1. The molecule has 0 saturated carbocycles. The van der Waals surface area contributed by atoms with E-state index in [2.05, 4.69) is 51.7 Å². The number of non-ortho nitro benzene ring substituents is 1. The molecule has 0 amide bonds. The lowest BCUT2D eigenvalue weighted by atomic mass is 10.1. The van der Waals surface area contributed by atoms with E-state index in [1.807, 2.05) is 24.3 Å². The first-order chi connectivity index (χ1) is 14.5. The largest absolute Gasteiger partial charge is 0.455 e. The molecule has 31 heavy (non-hydrogen) atoms. The number of rotatable bonds is 9. The lowest BCUT2D eigenvalue weighted by Gasteiger charge is -2.34. The molecular formula is C25H33NO4Si. The predicted octanol–water partition coefficient (Wildman–Crippen LogP) is 6.75. The number of esters is 1.